The fourth-order valence-corrected chi connectivity index (χ4v) is 2.79. The lowest BCUT2D eigenvalue weighted by Gasteiger charge is -2.07. The number of unbranched alkanes of at least 4 members (excludes halogenated alkanes) is 2. The third-order valence-electron chi connectivity index (χ3n) is 2.73. The molecule has 0 bridgehead atoms. The maximum absolute atomic E-state index is 11.9. The van der Waals surface area contributed by atoms with Crippen molar-refractivity contribution in [3.05, 3.63) is 28.8 Å². The molecule has 0 spiro atoms. The Kier molecular flexibility index (Phi) is 7.45. The first-order chi connectivity index (χ1) is 9.84. The first-order valence-corrected chi connectivity index (χ1v) is 9.05. The van der Waals surface area contributed by atoms with Gasteiger partial charge in [0.15, 0.2) is 0 Å². The van der Waals surface area contributed by atoms with Crippen molar-refractivity contribution in [3.63, 3.8) is 0 Å². The monoisotopic (exact) mass is 353 g/mol. The summed E-state index contributed by atoms with van der Waals surface area (Å²) in [6.45, 7) is 1.19. The van der Waals surface area contributed by atoms with Crippen molar-refractivity contribution in [2.24, 2.45) is 0 Å². The second-order valence-corrected chi connectivity index (χ2v) is 7.43. The van der Waals surface area contributed by atoms with Gasteiger partial charge in [0.1, 0.15) is 0 Å². The van der Waals surface area contributed by atoms with Crippen LogP contribution in [0.2, 0.25) is 5.02 Å². The van der Waals surface area contributed by atoms with Crippen molar-refractivity contribution in [3.8, 4) is 0 Å². The van der Waals surface area contributed by atoms with E-state index in [0.29, 0.717) is 13.2 Å². The SMILES string of the molecule is COCCCCCNC(=O)c1cc(Cl)cc(S(=O)(=O)Cl)c1. The first-order valence-electron chi connectivity index (χ1n) is 6.37. The van der Waals surface area contributed by atoms with Crippen LogP contribution < -0.4 is 5.32 Å². The van der Waals surface area contributed by atoms with Gasteiger partial charge in [-0.3, -0.25) is 4.79 Å². The summed E-state index contributed by atoms with van der Waals surface area (Å²) in [4.78, 5) is 11.7. The number of ether oxygens (including phenoxy) is 1. The van der Waals surface area contributed by atoms with Crippen molar-refractivity contribution < 1.29 is 17.9 Å². The summed E-state index contributed by atoms with van der Waals surface area (Å²) in [6.07, 6.45) is 2.68. The Morgan fingerprint density at radius 2 is 1.95 bits per heavy atom. The smallest absolute Gasteiger partial charge is 0.261 e. The molecule has 0 saturated carbocycles. The highest BCUT2D eigenvalue weighted by Gasteiger charge is 2.15. The molecule has 0 atom stereocenters. The van der Waals surface area contributed by atoms with E-state index in [1.807, 2.05) is 0 Å². The van der Waals surface area contributed by atoms with Crippen LogP contribution in [0.25, 0.3) is 0 Å². The predicted octanol–water partition coefficient (Wildman–Crippen LogP) is 2.81. The minimum Gasteiger partial charge on any atom is -0.385 e. The minimum absolute atomic E-state index is 0.141. The average molecular weight is 354 g/mol. The number of hydrogen-bond acceptors (Lipinski definition) is 4. The van der Waals surface area contributed by atoms with E-state index >= 15 is 0 Å². The number of hydrogen-bond donors (Lipinski definition) is 1. The van der Waals surface area contributed by atoms with Crippen molar-refractivity contribution in [2.45, 2.75) is 24.2 Å². The van der Waals surface area contributed by atoms with Gasteiger partial charge in [-0.05, 0) is 37.5 Å². The van der Waals surface area contributed by atoms with Crippen molar-refractivity contribution in [2.75, 3.05) is 20.3 Å². The quantitative estimate of drug-likeness (QED) is 0.576. The van der Waals surface area contributed by atoms with Crippen LogP contribution in [0.3, 0.4) is 0 Å². The molecule has 8 heteroatoms. The molecular formula is C13H17Cl2NO4S. The number of rotatable bonds is 8. The Morgan fingerprint density at radius 1 is 1.24 bits per heavy atom. The van der Waals surface area contributed by atoms with Crippen molar-refractivity contribution in [1.82, 2.24) is 5.32 Å². The van der Waals surface area contributed by atoms with Crippen LogP contribution in [-0.4, -0.2) is 34.6 Å². The lowest BCUT2D eigenvalue weighted by atomic mass is 10.2. The Bertz CT molecular complexity index is 590. The summed E-state index contributed by atoms with van der Waals surface area (Å²) in [7, 11) is 2.97. The van der Waals surface area contributed by atoms with Gasteiger partial charge in [-0.25, -0.2) is 8.42 Å². The molecule has 0 radical (unpaired) electrons. The summed E-state index contributed by atoms with van der Waals surface area (Å²) >= 11 is 5.80. The second kappa shape index (κ2) is 8.58. The van der Waals surface area contributed by atoms with Crippen LogP contribution in [-0.2, 0) is 13.8 Å². The number of carbonyl (C=O) groups is 1. The molecule has 0 heterocycles. The topological polar surface area (TPSA) is 72.5 Å². The molecule has 0 fully saturated rings. The minimum atomic E-state index is -3.92. The zero-order valence-electron chi connectivity index (χ0n) is 11.6. The van der Waals surface area contributed by atoms with Gasteiger partial charge in [0.25, 0.3) is 15.0 Å². The second-order valence-electron chi connectivity index (χ2n) is 4.42. The Morgan fingerprint density at radius 3 is 2.57 bits per heavy atom. The van der Waals surface area contributed by atoms with E-state index in [0.717, 1.165) is 19.3 Å². The van der Waals surface area contributed by atoms with E-state index in [1.54, 1.807) is 7.11 Å². The molecule has 1 N–H and O–H groups in total. The Labute approximate surface area is 134 Å². The zero-order valence-corrected chi connectivity index (χ0v) is 13.9. The average Bonchev–Trinajstić information content (AvgIpc) is 2.40. The standard InChI is InChI=1S/C13H17Cl2NO4S/c1-20-6-4-2-3-5-16-13(17)10-7-11(14)9-12(8-10)21(15,18)19/h7-9H,2-6H2,1H3,(H,16,17). The predicted molar refractivity (Wildman–Crippen MR) is 82.6 cm³/mol. The van der Waals surface area contributed by atoms with Crippen molar-refractivity contribution >= 4 is 37.2 Å². The van der Waals surface area contributed by atoms with Crippen molar-refractivity contribution in [1.29, 1.82) is 0 Å². The van der Waals surface area contributed by atoms with E-state index < -0.39 is 9.05 Å². The van der Waals surface area contributed by atoms with Crippen LogP contribution in [0.15, 0.2) is 23.1 Å². The first kappa shape index (κ1) is 18.2. The Balaban J connectivity index is 2.60. The van der Waals surface area contributed by atoms with E-state index in [9.17, 15) is 13.2 Å². The summed E-state index contributed by atoms with van der Waals surface area (Å²) in [5.41, 5.74) is 0.165. The highest BCUT2D eigenvalue weighted by molar-refractivity contribution is 8.13. The molecule has 1 amide bonds. The lowest BCUT2D eigenvalue weighted by molar-refractivity contribution is 0.0952. The van der Waals surface area contributed by atoms with Crippen LogP contribution in [0.5, 0.6) is 0 Å². The van der Waals surface area contributed by atoms with E-state index in [-0.39, 0.29) is 21.4 Å². The summed E-state index contributed by atoms with van der Waals surface area (Å²) in [5.74, 6) is -0.384. The van der Waals surface area contributed by atoms with Gasteiger partial charge in [-0.1, -0.05) is 11.6 Å². The highest BCUT2D eigenvalue weighted by Crippen LogP contribution is 2.22. The van der Waals surface area contributed by atoms with Crippen LogP contribution in [0.4, 0.5) is 0 Å². The molecule has 5 nitrogen and oxygen atoms in total. The third kappa shape index (κ3) is 6.65. The van der Waals surface area contributed by atoms with Gasteiger partial charge in [-0.2, -0.15) is 0 Å². The van der Waals surface area contributed by atoms with Crippen LogP contribution in [0.1, 0.15) is 29.6 Å². The zero-order chi connectivity index (χ0) is 15.9. The van der Waals surface area contributed by atoms with Gasteiger partial charge in [0.05, 0.1) is 4.90 Å². The maximum atomic E-state index is 11.9. The molecule has 1 aromatic rings. The number of benzene rings is 1. The number of amides is 1. The maximum Gasteiger partial charge on any atom is 0.261 e. The van der Waals surface area contributed by atoms with Gasteiger partial charge >= 0.3 is 0 Å². The fraction of sp³-hybridized carbons (Fsp3) is 0.462. The molecule has 1 aromatic carbocycles. The van der Waals surface area contributed by atoms with Crippen LogP contribution >= 0.6 is 22.3 Å². The van der Waals surface area contributed by atoms with E-state index in [2.05, 4.69) is 5.32 Å². The normalized spacial score (nSPS) is 11.4. The molecule has 0 aromatic heterocycles. The summed E-state index contributed by atoms with van der Waals surface area (Å²) in [5, 5.41) is 2.85. The molecule has 0 aliphatic heterocycles. The fourth-order valence-electron chi connectivity index (χ4n) is 1.69. The number of halogens is 2. The molecule has 0 unspecified atom stereocenters. The summed E-state index contributed by atoms with van der Waals surface area (Å²) < 4.78 is 27.5. The Hall–Kier alpha value is -0.820. The van der Waals surface area contributed by atoms with E-state index in [1.165, 1.54) is 18.2 Å². The largest absolute Gasteiger partial charge is 0.385 e. The lowest BCUT2D eigenvalue weighted by Crippen LogP contribution is -2.24. The van der Waals surface area contributed by atoms with Crippen LogP contribution in [0, 0.1) is 0 Å². The molecule has 0 saturated heterocycles. The molecule has 0 aliphatic rings. The molecular weight excluding hydrogens is 337 g/mol. The molecule has 1 rings (SSSR count). The van der Waals surface area contributed by atoms with Gasteiger partial charge in [0.2, 0.25) is 0 Å². The van der Waals surface area contributed by atoms with Gasteiger partial charge < -0.3 is 10.1 Å². The number of nitrogens with one attached hydrogen (secondary N) is 1. The molecule has 0 aliphatic carbocycles. The highest BCUT2D eigenvalue weighted by atomic mass is 35.7. The molecule has 118 valence electrons. The van der Waals surface area contributed by atoms with Gasteiger partial charge in [0, 0.05) is 41.5 Å². The van der Waals surface area contributed by atoms with Gasteiger partial charge in [-0.15, -0.1) is 0 Å². The molecule has 21 heavy (non-hydrogen) atoms. The number of carbonyl (C=O) groups excluding carboxylic acids is 1. The summed E-state index contributed by atoms with van der Waals surface area (Å²) in [6, 6.07) is 3.80. The third-order valence-corrected chi connectivity index (χ3v) is 4.28. The number of methoxy groups -OCH3 is 1. The van der Waals surface area contributed by atoms with E-state index in [4.69, 9.17) is 27.0 Å².